The maximum Gasteiger partial charge on any atom is 0.387 e. The van der Waals surface area contributed by atoms with Crippen LogP contribution in [0.2, 0.25) is 0 Å². The summed E-state index contributed by atoms with van der Waals surface area (Å²) in [6.45, 7) is -2.88. The Balaban J connectivity index is 2.30. The minimum absolute atomic E-state index is 0.0508. The minimum Gasteiger partial charge on any atom is -0.433 e. The van der Waals surface area contributed by atoms with Gasteiger partial charge in [0.1, 0.15) is 5.69 Å². The van der Waals surface area contributed by atoms with Crippen molar-refractivity contribution in [1.29, 1.82) is 0 Å². The van der Waals surface area contributed by atoms with Crippen molar-refractivity contribution in [3.63, 3.8) is 0 Å². The molecule has 0 N–H and O–H groups in total. The molecular formula is C11H10ClF2N3O. The van der Waals surface area contributed by atoms with Crippen molar-refractivity contribution in [2.24, 2.45) is 0 Å². The molecule has 0 saturated carbocycles. The normalized spacial score (nSPS) is 10.9. The van der Waals surface area contributed by atoms with Crippen LogP contribution in [0, 0.1) is 0 Å². The summed E-state index contributed by atoms with van der Waals surface area (Å²) in [4.78, 5) is 0. The Morgan fingerprint density at radius 2 is 2.11 bits per heavy atom. The maximum absolute atomic E-state index is 12.3. The van der Waals surface area contributed by atoms with Gasteiger partial charge in [-0.1, -0.05) is 17.3 Å². The van der Waals surface area contributed by atoms with Crippen molar-refractivity contribution < 1.29 is 13.5 Å². The van der Waals surface area contributed by atoms with Crippen molar-refractivity contribution in [2.75, 3.05) is 5.88 Å². The molecule has 0 atom stereocenters. The van der Waals surface area contributed by atoms with E-state index in [2.05, 4.69) is 15.0 Å². The number of hydrogen-bond donors (Lipinski definition) is 0. The number of benzene rings is 1. The van der Waals surface area contributed by atoms with Crippen LogP contribution >= 0.6 is 11.6 Å². The zero-order valence-corrected chi connectivity index (χ0v) is 10.0. The van der Waals surface area contributed by atoms with Crippen molar-refractivity contribution in [1.82, 2.24) is 15.0 Å². The standard InChI is InChI=1S/C11H10ClF2N3O/c12-6-5-8-7-17(16-15-8)9-3-1-2-4-10(9)18-11(13)14/h1-4,7,11H,5-6H2. The van der Waals surface area contributed by atoms with Crippen molar-refractivity contribution in [3.05, 3.63) is 36.2 Å². The number of para-hydroxylation sites is 2. The second kappa shape index (κ2) is 5.77. The van der Waals surface area contributed by atoms with Gasteiger partial charge in [0.25, 0.3) is 0 Å². The predicted octanol–water partition coefficient (Wildman–Crippen LogP) is 2.65. The summed E-state index contributed by atoms with van der Waals surface area (Å²) in [6, 6.07) is 6.38. The number of nitrogens with zero attached hydrogens (tertiary/aromatic N) is 3. The van der Waals surface area contributed by atoms with Gasteiger partial charge in [-0.05, 0) is 12.1 Å². The van der Waals surface area contributed by atoms with Crippen LogP contribution in [0.4, 0.5) is 8.78 Å². The Labute approximate surface area is 107 Å². The Morgan fingerprint density at radius 3 is 2.83 bits per heavy atom. The highest BCUT2D eigenvalue weighted by atomic mass is 35.5. The number of ether oxygens (including phenoxy) is 1. The molecule has 0 radical (unpaired) electrons. The molecule has 1 aromatic carbocycles. The average Bonchev–Trinajstić information content (AvgIpc) is 2.78. The zero-order valence-electron chi connectivity index (χ0n) is 9.26. The second-order valence-electron chi connectivity index (χ2n) is 3.44. The van der Waals surface area contributed by atoms with E-state index >= 15 is 0 Å². The predicted molar refractivity (Wildman–Crippen MR) is 62.4 cm³/mol. The van der Waals surface area contributed by atoms with Gasteiger partial charge in [0.05, 0.1) is 11.9 Å². The third-order valence-electron chi connectivity index (χ3n) is 2.22. The van der Waals surface area contributed by atoms with Crippen LogP contribution in [-0.4, -0.2) is 27.5 Å². The molecule has 0 bridgehead atoms. The molecule has 0 fully saturated rings. The van der Waals surface area contributed by atoms with E-state index in [4.69, 9.17) is 11.6 Å². The summed E-state index contributed by atoms with van der Waals surface area (Å²) in [5.74, 6) is 0.475. The first-order chi connectivity index (χ1) is 8.70. The fourth-order valence-corrected chi connectivity index (χ4v) is 1.66. The molecule has 0 amide bonds. The number of hydrogen-bond acceptors (Lipinski definition) is 3. The second-order valence-corrected chi connectivity index (χ2v) is 3.82. The van der Waals surface area contributed by atoms with Gasteiger partial charge >= 0.3 is 6.61 Å². The number of alkyl halides is 3. The van der Waals surface area contributed by atoms with Crippen molar-refractivity contribution in [2.45, 2.75) is 13.0 Å². The molecule has 0 aliphatic carbocycles. The topological polar surface area (TPSA) is 39.9 Å². The average molecular weight is 274 g/mol. The molecule has 0 aliphatic rings. The maximum atomic E-state index is 12.3. The molecule has 0 aliphatic heterocycles. The highest BCUT2D eigenvalue weighted by molar-refractivity contribution is 6.17. The first-order valence-electron chi connectivity index (χ1n) is 5.22. The van der Waals surface area contributed by atoms with Gasteiger partial charge in [-0.15, -0.1) is 16.7 Å². The van der Waals surface area contributed by atoms with Gasteiger partial charge in [0.15, 0.2) is 5.75 Å². The molecule has 1 heterocycles. The number of aryl methyl sites for hydroxylation is 1. The molecule has 2 aromatic rings. The summed E-state index contributed by atoms with van der Waals surface area (Å²) in [6.07, 6.45) is 2.20. The highest BCUT2D eigenvalue weighted by Crippen LogP contribution is 2.23. The van der Waals surface area contributed by atoms with Gasteiger partial charge < -0.3 is 4.74 Å². The van der Waals surface area contributed by atoms with Crippen molar-refractivity contribution in [3.8, 4) is 11.4 Å². The summed E-state index contributed by atoms with van der Waals surface area (Å²) < 4.78 is 30.3. The number of rotatable bonds is 5. The summed E-state index contributed by atoms with van der Waals surface area (Å²) in [5.41, 5.74) is 1.10. The van der Waals surface area contributed by atoms with Crippen LogP contribution in [-0.2, 0) is 6.42 Å². The molecule has 1 aromatic heterocycles. The smallest absolute Gasteiger partial charge is 0.387 e. The van der Waals surface area contributed by atoms with Gasteiger partial charge in [-0.3, -0.25) is 0 Å². The molecule has 0 unspecified atom stereocenters. The van der Waals surface area contributed by atoms with E-state index in [-0.39, 0.29) is 5.75 Å². The summed E-state index contributed by atoms with van der Waals surface area (Å²) in [5, 5.41) is 7.74. The molecule has 96 valence electrons. The van der Waals surface area contributed by atoms with Crippen LogP contribution in [0.15, 0.2) is 30.5 Å². The van der Waals surface area contributed by atoms with Gasteiger partial charge in [-0.2, -0.15) is 8.78 Å². The van der Waals surface area contributed by atoms with E-state index in [1.165, 1.54) is 10.7 Å². The van der Waals surface area contributed by atoms with Crippen LogP contribution in [0.3, 0.4) is 0 Å². The molecule has 2 rings (SSSR count). The quantitative estimate of drug-likeness (QED) is 0.786. The minimum atomic E-state index is -2.88. The number of aromatic nitrogens is 3. The van der Waals surface area contributed by atoms with E-state index in [0.29, 0.717) is 23.7 Å². The third-order valence-corrected chi connectivity index (χ3v) is 2.41. The lowest BCUT2D eigenvalue weighted by molar-refractivity contribution is -0.0499. The van der Waals surface area contributed by atoms with Gasteiger partial charge in [0, 0.05) is 12.3 Å². The van der Waals surface area contributed by atoms with Gasteiger partial charge in [-0.25, -0.2) is 4.68 Å². The largest absolute Gasteiger partial charge is 0.433 e. The highest BCUT2D eigenvalue weighted by Gasteiger charge is 2.11. The first kappa shape index (κ1) is 12.8. The zero-order chi connectivity index (χ0) is 13.0. The Hall–Kier alpha value is -1.69. The molecule has 7 heteroatoms. The molecule has 0 saturated heterocycles. The first-order valence-corrected chi connectivity index (χ1v) is 5.75. The Bertz CT molecular complexity index is 518. The third kappa shape index (κ3) is 2.95. The van der Waals surface area contributed by atoms with E-state index < -0.39 is 6.61 Å². The molecule has 18 heavy (non-hydrogen) atoms. The lowest BCUT2D eigenvalue weighted by Crippen LogP contribution is -2.06. The van der Waals surface area contributed by atoms with Crippen LogP contribution < -0.4 is 4.74 Å². The Kier molecular flexibility index (Phi) is 4.09. The van der Waals surface area contributed by atoms with Crippen LogP contribution in [0.5, 0.6) is 5.75 Å². The summed E-state index contributed by atoms with van der Waals surface area (Å²) in [7, 11) is 0. The van der Waals surface area contributed by atoms with E-state index in [1.54, 1.807) is 24.4 Å². The SMILES string of the molecule is FC(F)Oc1ccccc1-n1cc(CCCl)nn1. The number of halogens is 3. The fourth-order valence-electron chi connectivity index (χ4n) is 1.47. The molecular weight excluding hydrogens is 264 g/mol. The lowest BCUT2D eigenvalue weighted by atomic mass is 10.3. The van der Waals surface area contributed by atoms with Crippen LogP contribution in [0.25, 0.3) is 5.69 Å². The van der Waals surface area contributed by atoms with Gasteiger partial charge in [0.2, 0.25) is 0 Å². The van der Waals surface area contributed by atoms with E-state index in [9.17, 15) is 8.78 Å². The monoisotopic (exact) mass is 273 g/mol. The molecule has 4 nitrogen and oxygen atoms in total. The van der Waals surface area contributed by atoms with E-state index in [0.717, 1.165) is 0 Å². The van der Waals surface area contributed by atoms with Crippen molar-refractivity contribution >= 4 is 11.6 Å². The summed E-state index contributed by atoms with van der Waals surface area (Å²) >= 11 is 5.59. The van der Waals surface area contributed by atoms with E-state index in [1.807, 2.05) is 0 Å². The fraction of sp³-hybridized carbons (Fsp3) is 0.273. The lowest BCUT2D eigenvalue weighted by Gasteiger charge is -2.09. The molecule has 0 spiro atoms. The van der Waals surface area contributed by atoms with Crippen LogP contribution in [0.1, 0.15) is 5.69 Å². The Morgan fingerprint density at radius 1 is 1.33 bits per heavy atom.